The zero-order valence-corrected chi connectivity index (χ0v) is 84.9. The number of ether oxygens (including phenoxy) is 16. The van der Waals surface area contributed by atoms with Crippen LogP contribution in [0.25, 0.3) is 0 Å². The molecular formula is C84H147N17O33S2. The molecule has 2 heterocycles. The fourth-order valence-electron chi connectivity index (χ4n) is 12.5. The summed E-state index contributed by atoms with van der Waals surface area (Å²) in [5, 5.41) is 103. The second-order valence-electron chi connectivity index (χ2n) is 41.8. The molecule has 2 aliphatic heterocycles. The molecule has 0 bridgehead atoms. The number of hydrogen-bond acceptors (Lipinski definition) is 40. The number of urea groups is 1. The number of nitrogens with one attached hydrogen (secondary N) is 11. The first-order valence-corrected chi connectivity index (χ1v) is 45.7. The first-order chi connectivity index (χ1) is 61.9. The normalized spacial score (nSPS) is 25.0. The Morgan fingerprint density at radius 2 is 0.676 bits per heavy atom. The number of nitrogens with zero attached hydrogens (tertiary/aromatic N) is 5. The van der Waals surface area contributed by atoms with Gasteiger partial charge in [0.2, 0.25) is 29.8 Å². The maximum atomic E-state index is 14.2. The molecule has 19 atom stereocenters. The number of carbonyl (C=O) groups is 11. The van der Waals surface area contributed by atoms with Crippen LogP contribution in [0.15, 0.2) is 25.0 Å². The van der Waals surface area contributed by atoms with Crippen molar-refractivity contribution in [2.45, 2.75) is 387 Å². The zero-order valence-electron chi connectivity index (χ0n) is 83.2. The van der Waals surface area contributed by atoms with Crippen molar-refractivity contribution in [2.75, 3.05) is 43.6 Å². The van der Waals surface area contributed by atoms with Crippen molar-refractivity contribution in [3.63, 3.8) is 0 Å². The molecule has 2 aliphatic carbocycles. The number of rotatable bonds is 21. The molecule has 136 heavy (non-hydrogen) atoms. The van der Waals surface area contributed by atoms with Gasteiger partial charge in [0, 0.05) is 29.7 Å². The number of amides is 12. The summed E-state index contributed by atoms with van der Waals surface area (Å²) in [4.78, 5) is 174. The number of alkyl carbamates (subject to hydrolysis) is 10. The van der Waals surface area contributed by atoms with E-state index in [9.17, 15) is 83.4 Å². The Morgan fingerprint density at radius 3 is 1.02 bits per heavy atom. The molecule has 11 unspecified atom stereocenters. The molecule has 0 spiro atoms. The van der Waals surface area contributed by atoms with Crippen molar-refractivity contribution < 1.29 is 159 Å². The summed E-state index contributed by atoms with van der Waals surface area (Å²) in [5.41, 5.74) is -6.16. The third kappa shape index (κ3) is 46.3. The lowest BCUT2D eigenvalue weighted by Crippen LogP contribution is -2.66. The number of aliphatic hydroxyl groups is 6. The Labute approximate surface area is 802 Å². The molecule has 52 heteroatoms. The highest BCUT2D eigenvalue weighted by Crippen LogP contribution is 2.40. The van der Waals surface area contributed by atoms with E-state index in [2.05, 4.69) is 91.1 Å². The van der Waals surface area contributed by atoms with Crippen LogP contribution in [-0.2, 0) is 75.8 Å². The predicted molar refractivity (Wildman–Crippen MR) is 495 cm³/mol. The number of thioether (sulfide) groups is 1. The summed E-state index contributed by atoms with van der Waals surface area (Å²) >= 11 is 5.38. The molecule has 2 saturated heterocycles. The summed E-state index contributed by atoms with van der Waals surface area (Å²) in [6, 6.07) is -9.16. The minimum atomic E-state index is -2.34. The van der Waals surface area contributed by atoms with Gasteiger partial charge in [-0.2, -0.15) is 24.4 Å². The van der Waals surface area contributed by atoms with Crippen molar-refractivity contribution in [1.29, 1.82) is 0 Å². The van der Waals surface area contributed by atoms with Gasteiger partial charge in [0.25, 0.3) is 0 Å². The van der Waals surface area contributed by atoms with E-state index in [1.807, 2.05) is 0 Å². The van der Waals surface area contributed by atoms with E-state index < -0.39 is 295 Å². The lowest BCUT2D eigenvalue weighted by molar-refractivity contribution is -0.279. The van der Waals surface area contributed by atoms with Gasteiger partial charge >= 0.3 is 67.0 Å². The Bertz CT molecular complexity index is 4030. The van der Waals surface area contributed by atoms with E-state index in [4.69, 9.17) is 86.5 Å². The standard InChI is InChI=1S/C84H147N17O33S2/c1-75(2,3)125-65(109)92-60(93-66(110)126-76(4,5)6)86-37-40-35-43(46(90-59(85)108)51(105)48(40)102)120-54-42(89-63(98-71(115)131-81(19,20)21)99-72(116)132-82(22,23)24)36-41(88-62(96-69(113)129-79(13,14)15)97-70(114)130-80(16,17)18)49(103)56(54)124-58-53(107)55(45(122-58)39-136-34-32-119-31-33-135)123-57-47(91-64(100-73(117)133-83(25,26)27)101-74(118)134-84(28,29)30)52(106)50(104)44(121-57)38-87-61(94-67(111)127-77(7,8)9)95-68(112)128-78(10,11)12/h40-58,102-107,135H,31-39H2,1-30H3,(H3,85,90,108)(H2,86,92,93,109,110)(H2,87,94,95,111,112)(H2,88,96,97,113,114)(H2,89,98,99,115,116)(H2,91,100,101,117,118)/t40?,41-,42?,43+,44+,45-,46?,47-,48-,49?,50?,51?,52?,53?,54-,55?,56?,57?,58+/m1/s1. The van der Waals surface area contributed by atoms with Gasteiger partial charge in [-0.3, -0.25) is 58.2 Å². The van der Waals surface area contributed by atoms with Crippen molar-refractivity contribution in [3.8, 4) is 0 Å². The third-order valence-corrected chi connectivity index (χ3v) is 18.3. The number of carbonyl (C=O) groups excluding carboxylic acids is 11. The number of thiol groups is 1. The largest absolute Gasteiger partial charge is 0.444 e. The first-order valence-electron chi connectivity index (χ1n) is 43.9. The number of primary amides is 1. The Morgan fingerprint density at radius 1 is 0.353 bits per heavy atom. The highest BCUT2D eigenvalue weighted by atomic mass is 32.2. The van der Waals surface area contributed by atoms with E-state index in [-0.39, 0.29) is 24.7 Å². The van der Waals surface area contributed by atoms with Crippen LogP contribution >= 0.6 is 24.4 Å². The Balaban J connectivity index is 2.34. The van der Waals surface area contributed by atoms with Crippen LogP contribution in [-0.4, -0.2) is 337 Å². The number of aliphatic imine (C=N–C) groups is 5. The van der Waals surface area contributed by atoms with Gasteiger partial charge in [-0.25, -0.2) is 72.7 Å². The molecular weight excluding hydrogens is 1840 g/mol. The van der Waals surface area contributed by atoms with Crippen LogP contribution in [0.2, 0.25) is 0 Å². The number of hydrogen-bond donors (Lipinski definition) is 19. The van der Waals surface area contributed by atoms with Gasteiger partial charge in [-0.15, -0.1) is 0 Å². The first kappa shape index (κ1) is 119. The van der Waals surface area contributed by atoms with Gasteiger partial charge in [-0.05, 0) is 221 Å². The second-order valence-corrected chi connectivity index (χ2v) is 43.3. The summed E-state index contributed by atoms with van der Waals surface area (Å²) in [5.74, 6) is -4.98. The topological polar surface area (TPSA) is 677 Å². The van der Waals surface area contributed by atoms with Gasteiger partial charge in [0.1, 0.15) is 117 Å². The van der Waals surface area contributed by atoms with Gasteiger partial charge in [0.05, 0.1) is 56.2 Å². The van der Waals surface area contributed by atoms with Crippen LogP contribution < -0.4 is 64.2 Å². The molecule has 0 aromatic rings. The molecule has 12 amide bonds. The summed E-state index contributed by atoms with van der Waals surface area (Å²) in [6.45, 7) is 44.3. The lowest BCUT2D eigenvalue weighted by atomic mass is 9.78. The van der Waals surface area contributed by atoms with E-state index in [1.54, 1.807) is 83.1 Å². The van der Waals surface area contributed by atoms with Crippen LogP contribution in [0, 0.1) is 5.92 Å². The highest BCUT2D eigenvalue weighted by Gasteiger charge is 2.57. The van der Waals surface area contributed by atoms with E-state index in [0.717, 1.165) is 11.8 Å². The molecule has 2 saturated carbocycles. The number of aliphatic hydroxyl groups excluding tert-OH is 6. The second kappa shape index (κ2) is 49.9. The quantitative estimate of drug-likeness (QED) is 0.0225. The smallest absolute Gasteiger partial charge is 0.414 e. The van der Waals surface area contributed by atoms with Crippen LogP contribution in [0.3, 0.4) is 0 Å². The minimum Gasteiger partial charge on any atom is -0.444 e. The number of nitrogens with two attached hydrogens (primary N) is 1. The molecule has 4 aliphatic rings. The van der Waals surface area contributed by atoms with Crippen LogP contribution in [0.4, 0.5) is 52.7 Å². The zero-order chi connectivity index (χ0) is 104. The molecule has 778 valence electrons. The lowest BCUT2D eigenvalue weighted by Gasteiger charge is -2.48. The molecule has 4 rings (SSSR count). The predicted octanol–water partition coefficient (Wildman–Crippen LogP) is 5.40. The summed E-state index contributed by atoms with van der Waals surface area (Å²) in [7, 11) is 0. The molecule has 0 radical (unpaired) electrons. The average Bonchev–Trinajstić information content (AvgIpc) is 1.39. The summed E-state index contributed by atoms with van der Waals surface area (Å²) in [6.07, 6.45) is -43.0. The maximum Gasteiger partial charge on any atom is 0.414 e. The maximum absolute atomic E-state index is 14.2. The van der Waals surface area contributed by atoms with Crippen molar-refractivity contribution in [3.05, 3.63) is 0 Å². The van der Waals surface area contributed by atoms with Crippen LogP contribution in [0.5, 0.6) is 0 Å². The SMILES string of the molecule is CC(C)(C)OC(=O)NC(=NCC1C[C@H](O[C@@H]2C(N=C(NC(=O)OC(C)(C)C)NC(=O)OC(C)(C)C)C[C@@H](N=C(NC(=O)OC(C)(C)C)NC(=O)OC(C)(C)C)C(O)C2O[C@@H]2O[C@H](CSCCOCCS)C(OC3O[C@@H](CN=C(NC(=O)OC(C)(C)C)NC(=O)OC(C)(C)C)C(O)C(O)[C@H]3N=C(NC(=O)OC(C)(C)C)NC(=O)OC(C)(C)C)C2O)C(NC(N)=O)C(O)[C@@H]1O)NC(=O)OC(C)(C)C. The molecule has 0 aromatic heterocycles. The summed E-state index contributed by atoms with van der Waals surface area (Å²) < 4.78 is 95.3. The molecule has 19 N–H and O–H groups in total. The fraction of sp³-hybridized carbons (Fsp3) is 0.810. The van der Waals surface area contributed by atoms with Crippen molar-refractivity contribution in [1.82, 2.24) is 58.5 Å². The van der Waals surface area contributed by atoms with Crippen molar-refractivity contribution >= 4 is 121 Å². The fourth-order valence-corrected chi connectivity index (χ4v) is 13.5. The third-order valence-electron chi connectivity index (χ3n) is 17.1. The minimum absolute atomic E-state index is 0.0728. The van der Waals surface area contributed by atoms with Crippen molar-refractivity contribution in [2.24, 2.45) is 36.6 Å². The van der Waals surface area contributed by atoms with E-state index in [1.165, 1.54) is 125 Å². The molecule has 0 aromatic carbocycles. The monoisotopic (exact) mass is 1990 g/mol. The van der Waals surface area contributed by atoms with Gasteiger partial charge < -0.3 is 117 Å². The Kier molecular flexibility index (Phi) is 43.6. The number of guanidine groups is 5. The highest BCUT2D eigenvalue weighted by molar-refractivity contribution is 7.99. The average molecular weight is 1990 g/mol. The molecule has 50 nitrogen and oxygen atoms in total. The van der Waals surface area contributed by atoms with E-state index >= 15 is 0 Å². The van der Waals surface area contributed by atoms with E-state index in [0.29, 0.717) is 5.75 Å². The van der Waals surface area contributed by atoms with Crippen LogP contribution in [0.1, 0.15) is 221 Å². The van der Waals surface area contributed by atoms with Gasteiger partial charge in [-0.1, -0.05) is 0 Å². The molecule has 4 fully saturated rings. The Hall–Kier alpha value is -9.46. The van der Waals surface area contributed by atoms with Gasteiger partial charge in [0.15, 0.2) is 12.6 Å².